The Morgan fingerprint density at radius 1 is 1.21 bits per heavy atom. The number of nitrogens with zero attached hydrogens (tertiary/aromatic N) is 1. The molecule has 1 fully saturated rings. The molecule has 1 saturated heterocycles. The molecular formula is C19H22N2O3. The van der Waals surface area contributed by atoms with Crippen LogP contribution in [0, 0.1) is 0 Å². The standard InChI is InChI=1S/C19H22N2O3/c1-23-16-6-3-5-15(11-16)18-8-9-21(18)12-14-4-2-7-17(10-14)24-13-19(20)22/h2-7,10-11,18H,8-9,12-13H2,1H3,(H2,20,22). The smallest absolute Gasteiger partial charge is 0.255 e. The molecule has 0 spiro atoms. The van der Waals surface area contributed by atoms with Crippen molar-refractivity contribution in [2.45, 2.75) is 19.0 Å². The van der Waals surface area contributed by atoms with E-state index in [2.05, 4.69) is 23.1 Å². The van der Waals surface area contributed by atoms with Crippen LogP contribution < -0.4 is 15.2 Å². The van der Waals surface area contributed by atoms with Gasteiger partial charge >= 0.3 is 0 Å². The number of methoxy groups -OCH3 is 1. The van der Waals surface area contributed by atoms with Gasteiger partial charge in [0.1, 0.15) is 11.5 Å². The number of carbonyl (C=O) groups is 1. The summed E-state index contributed by atoms with van der Waals surface area (Å²) in [6.07, 6.45) is 1.14. The molecule has 1 amide bonds. The molecule has 1 unspecified atom stereocenters. The van der Waals surface area contributed by atoms with Crippen molar-refractivity contribution in [3.05, 3.63) is 59.7 Å². The van der Waals surface area contributed by atoms with Crippen LogP contribution in [0.25, 0.3) is 0 Å². The number of hydrogen-bond acceptors (Lipinski definition) is 4. The summed E-state index contributed by atoms with van der Waals surface area (Å²) in [6, 6.07) is 16.5. The lowest BCUT2D eigenvalue weighted by molar-refractivity contribution is -0.119. The van der Waals surface area contributed by atoms with E-state index in [9.17, 15) is 4.79 Å². The molecule has 1 heterocycles. The molecule has 1 aliphatic heterocycles. The van der Waals surface area contributed by atoms with Crippen molar-refractivity contribution in [1.82, 2.24) is 4.90 Å². The number of carbonyl (C=O) groups excluding carboxylic acids is 1. The van der Waals surface area contributed by atoms with Gasteiger partial charge in [-0.25, -0.2) is 0 Å². The van der Waals surface area contributed by atoms with Gasteiger partial charge in [-0.2, -0.15) is 0 Å². The summed E-state index contributed by atoms with van der Waals surface area (Å²) in [6.45, 7) is 1.81. The van der Waals surface area contributed by atoms with Crippen LogP contribution in [0.5, 0.6) is 11.5 Å². The summed E-state index contributed by atoms with van der Waals surface area (Å²) in [5.74, 6) is 1.09. The maximum Gasteiger partial charge on any atom is 0.255 e. The fourth-order valence-electron chi connectivity index (χ4n) is 2.98. The second-order valence-electron chi connectivity index (χ2n) is 5.95. The van der Waals surface area contributed by atoms with Crippen molar-refractivity contribution in [3.63, 3.8) is 0 Å². The lowest BCUT2D eigenvalue weighted by atomic mass is 9.94. The second-order valence-corrected chi connectivity index (χ2v) is 5.95. The van der Waals surface area contributed by atoms with Gasteiger partial charge in [0.05, 0.1) is 7.11 Å². The molecule has 24 heavy (non-hydrogen) atoms. The minimum Gasteiger partial charge on any atom is -0.497 e. The third-order valence-electron chi connectivity index (χ3n) is 4.27. The quantitative estimate of drug-likeness (QED) is 0.849. The Morgan fingerprint density at radius 3 is 2.71 bits per heavy atom. The van der Waals surface area contributed by atoms with E-state index >= 15 is 0 Å². The van der Waals surface area contributed by atoms with E-state index in [4.69, 9.17) is 15.2 Å². The first-order chi connectivity index (χ1) is 11.7. The third-order valence-corrected chi connectivity index (χ3v) is 4.27. The number of hydrogen-bond donors (Lipinski definition) is 1. The van der Waals surface area contributed by atoms with Crippen LogP contribution in [0.1, 0.15) is 23.6 Å². The van der Waals surface area contributed by atoms with E-state index in [0.29, 0.717) is 11.8 Å². The molecule has 1 aliphatic rings. The van der Waals surface area contributed by atoms with E-state index in [1.165, 1.54) is 5.56 Å². The summed E-state index contributed by atoms with van der Waals surface area (Å²) < 4.78 is 10.7. The van der Waals surface area contributed by atoms with Gasteiger partial charge in [-0.15, -0.1) is 0 Å². The Kier molecular flexibility index (Phi) is 5.01. The Labute approximate surface area is 142 Å². The highest BCUT2D eigenvalue weighted by molar-refractivity contribution is 5.75. The van der Waals surface area contributed by atoms with Crippen LogP contribution in [0.4, 0.5) is 0 Å². The van der Waals surface area contributed by atoms with Crippen LogP contribution in [0.15, 0.2) is 48.5 Å². The SMILES string of the molecule is COc1cccc(C2CCN2Cc2cccc(OCC(N)=O)c2)c1. The molecule has 0 aromatic heterocycles. The molecule has 0 aliphatic carbocycles. The number of ether oxygens (including phenoxy) is 2. The van der Waals surface area contributed by atoms with Crippen LogP contribution >= 0.6 is 0 Å². The van der Waals surface area contributed by atoms with Crippen molar-refractivity contribution in [2.24, 2.45) is 5.73 Å². The van der Waals surface area contributed by atoms with Gasteiger partial charge in [-0.1, -0.05) is 24.3 Å². The lowest BCUT2D eigenvalue weighted by Crippen LogP contribution is -2.40. The number of rotatable bonds is 7. The van der Waals surface area contributed by atoms with Crippen molar-refractivity contribution in [1.29, 1.82) is 0 Å². The second kappa shape index (κ2) is 7.36. The molecule has 0 saturated carbocycles. The van der Waals surface area contributed by atoms with Gasteiger partial charge in [-0.05, 0) is 41.8 Å². The minimum absolute atomic E-state index is 0.0976. The van der Waals surface area contributed by atoms with E-state index in [1.807, 2.05) is 30.3 Å². The third kappa shape index (κ3) is 3.86. The fourth-order valence-corrected chi connectivity index (χ4v) is 2.98. The van der Waals surface area contributed by atoms with Crippen LogP contribution in [0.2, 0.25) is 0 Å². The summed E-state index contributed by atoms with van der Waals surface area (Å²) in [7, 11) is 1.69. The van der Waals surface area contributed by atoms with E-state index in [-0.39, 0.29) is 6.61 Å². The van der Waals surface area contributed by atoms with Crippen molar-refractivity contribution in [2.75, 3.05) is 20.3 Å². The average molecular weight is 326 g/mol. The van der Waals surface area contributed by atoms with Gasteiger partial charge in [0.15, 0.2) is 6.61 Å². The topological polar surface area (TPSA) is 64.8 Å². The van der Waals surface area contributed by atoms with E-state index in [0.717, 1.165) is 30.8 Å². The molecular weight excluding hydrogens is 304 g/mol. The molecule has 5 heteroatoms. The zero-order chi connectivity index (χ0) is 16.9. The molecule has 2 aromatic carbocycles. The predicted octanol–water partition coefficient (Wildman–Crippen LogP) is 2.51. The predicted molar refractivity (Wildman–Crippen MR) is 91.9 cm³/mol. The van der Waals surface area contributed by atoms with Gasteiger partial charge in [0.2, 0.25) is 0 Å². The fraction of sp³-hybridized carbons (Fsp3) is 0.316. The zero-order valence-electron chi connectivity index (χ0n) is 13.8. The first kappa shape index (κ1) is 16.3. The highest BCUT2D eigenvalue weighted by Gasteiger charge is 2.29. The van der Waals surface area contributed by atoms with Gasteiger partial charge in [0, 0.05) is 19.1 Å². The Balaban J connectivity index is 1.65. The van der Waals surface area contributed by atoms with Crippen molar-refractivity contribution < 1.29 is 14.3 Å². The molecule has 2 N–H and O–H groups in total. The highest BCUT2D eigenvalue weighted by atomic mass is 16.5. The van der Waals surface area contributed by atoms with E-state index in [1.54, 1.807) is 7.11 Å². The Hall–Kier alpha value is -2.53. The van der Waals surface area contributed by atoms with Crippen molar-refractivity contribution >= 4 is 5.91 Å². The molecule has 5 nitrogen and oxygen atoms in total. The van der Waals surface area contributed by atoms with Crippen LogP contribution in [-0.4, -0.2) is 31.1 Å². The summed E-state index contributed by atoms with van der Waals surface area (Å²) in [5, 5.41) is 0. The normalized spacial score (nSPS) is 17.1. The molecule has 126 valence electrons. The minimum atomic E-state index is -0.471. The molecule has 0 radical (unpaired) electrons. The lowest BCUT2D eigenvalue weighted by Gasteiger charge is -2.41. The van der Waals surface area contributed by atoms with E-state index < -0.39 is 5.91 Å². The number of likely N-dealkylation sites (tertiary alicyclic amines) is 1. The van der Waals surface area contributed by atoms with Crippen LogP contribution in [-0.2, 0) is 11.3 Å². The maximum atomic E-state index is 10.8. The number of benzene rings is 2. The Morgan fingerprint density at radius 2 is 2.00 bits per heavy atom. The van der Waals surface area contributed by atoms with Crippen LogP contribution in [0.3, 0.4) is 0 Å². The number of nitrogens with two attached hydrogens (primary N) is 1. The highest BCUT2D eigenvalue weighted by Crippen LogP contribution is 2.36. The maximum absolute atomic E-state index is 10.8. The molecule has 3 rings (SSSR count). The van der Waals surface area contributed by atoms with Gasteiger partial charge in [0.25, 0.3) is 5.91 Å². The van der Waals surface area contributed by atoms with Crippen molar-refractivity contribution in [3.8, 4) is 11.5 Å². The Bertz CT molecular complexity index is 717. The largest absolute Gasteiger partial charge is 0.497 e. The monoisotopic (exact) mass is 326 g/mol. The first-order valence-corrected chi connectivity index (χ1v) is 8.04. The number of amides is 1. The molecule has 2 aromatic rings. The summed E-state index contributed by atoms with van der Waals surface area (Å²) in [4.78, 5) is 13.2. The van der Waals surface area contributed by atoms with Gasteiger partial charge in [-0.3, -0.25) is 9.69 Å². The molecule has 1 atom stereocenters. The van der Waals surface area contributed by atoms with Gasteiger partial charge < -0.3 is 15.2 Å². The average Bonchev–Trinajstić information content (AvgIpc) is 2.57. The zero-order valence-corrected chi connectivity index (χ0v) is 13.8. The summed E-state index contributed by atoms with van der Waals surface area (Å²) >= 11 is 0. The molecule has 0 bridgehead atoms. The number of primary amides is 1. The first-order valence-electron chi connectivity index (χ1n) is 8.04. The summed E-state index contributed by atoms with van der Waals surface area (Å²) in [5.41, 5.74) is 7.55.